The molecule has 0 bridgehead atoms. The van der Waals surface area contributed by atoms with Gasteiger partial charge in [0.25, 0.3) is 0 Å². The molecule has 0 aromatic carbocycles. The maximum absolute atomic E-state index is 5.04. The van der Waals surface area contributed by atoms with Gasteiger partial charge in [0.15, 0.2) is 0 Å². The highest BCUT2D eigenvalue weighted by atomic mass is 16.5. The van der Waals surface area contributed by atoms with E-state index in [0.717, 1.165) is 41.7 Å². The third-order valence-electron chi connectivity index (χ3n) is 2.70. The van der Waals surface area contributed by atoms with Crippen molar-refractivity contribution in [1.29, 1.82) is 0 Å². The molecule has 2 rings (SSSR count). The van der Waals surface area contributed by atoms with Crippen LogP contribution in [0.1, 0.15) is 22.9 Å². The van der Waals surface area contributed by atoms with E-state index in [2.05, 4.69) is 25.3 Å². The van der Waals surface area contributed by atoms with Gasteiger partial charge in [-0.3, -0.25) is 0 Å². The minimum Gasteiger partial charge on any atom is -0.378 e. The molecular formula is C14H19N5O. The quantitative estimate of drug-likeness (QED) is 0.863. The van der Waals surface area contributed by atoms with E-state index in [1.165, 1.54) is 6.33 Å². The molecule has 0 amide bonds. The number of hydrogen-bond acceptors (Lipinski definition) is 6. The fourth-order valence-corrected chi connectivity index (χ4v) is 1.93. The Morgan fingerprint density at radius 1 is 1.10 bits per heavy atom. The first-order valence-electron chi connectivity index (χ1n) is 6.52. The molecule has 0 aliphatic carbocycles. The largest absolute Gasteiger partial charge is 0.378 e. The van der Waals surface area contributed by atoms with Gasteiger partial charge < -0.3 is 10.1 Å². The zero-order chi connectivity index (χ0) is 14.4. The van der Waals surface area contributed by atoms with E-state index in [0.29, 0.717) is 6.61 Å². The number of rotatable bonds is 6. The molecule has 0 fully saturated rings. The summed E-state index contributed by atoms with van der Waals surface area (Å²) in [6.07, 6.45) is 2.29. The zero-order valence-electron chi connectivity index (χ0n) is 12.1. The summed E-state index contributed by atoms with van der Waals surface area (Å²) in [7, 11) is 1.65. The van der Waals surface area contributed by atoms with Crippen LogP contribution in [0.15, 0.2) is 18.5 Å². The molecule has 0 aliphatic heterocycles. The number of nitrogens with one attached hydrogen (secondary N) is 1. The van der Waals surface area contributed by atoms with Crippen LogP contribution in [0.25, 0.3) is 0 Å². The van der Waals surface area contributed by atoms with E-state index >= 15 is 0 Å². The van der Waals surface area contributed by atoms with Crippen molar-refractivity contribution in [1.82, 2.24) is 19.9 Å². The van der Waals surface area contributed by atoms with Crippen molar-refractivity contribution in [2.24, 2.45) is 0 Å². The molecular weight excluding hydrogens is 254 g/mol. The van der Waals surface area contributed by atoms with Crippen LogP contribution >= 0.6 is 0 Å². The Morgan fingerprint density at radius 3 is 2.55 bits per heavy atom. The monoisotopic (exact) mass is 273 g/mol. The molecule has 0 saturated carbocycles. The predicted molar refractivity (Wildman–Crippen MR) is 76.4 cm³/mol. The normalized spacial score (nSPS) is 10.6. The molecule has 0 atom stereocenters. The average molecular weight is 273 g/mol. The number of anilines is 1. The topological polar surface area (TPSA) is 72.8 Å². The highest BCUT2D eigenvalue weighted by molar-refractivity contribution is 5.34. The van der Waals surface area contributed by atoms with Crippen LogP contribution in [0, 0.1) is 13.8 Å². The molecule has 2 heterocycles. The molecule has 6 heteroatoms. The van der Waals surface area contributed by atoms with Crippen molar-refractivity contribution in [3.63, 3.8) is 0 Å². The Morgan fingerprint density at radius 2 is 1.85 bits per heavy atom. The van der Waals surface area contributed by atoms with Gasteiger partial charge in [-0.05, 0) is 19.9 Å². The second-order valence-electron chi connectivity index (χ2n) is 4.57. The SMILES string of the molecule is COCc1cc(NCCc2nc(C)cc(C)n2)ncn1. The average Bonchev–Trinajstić information content (AvgIpc) is 2.38. The van der Waals surface area contributed by atoms with Gasteiger partial charge in [0.2, 0.25) is 0 Å². The highest BCUT2D eigenvalue weighted by Gasteiger charge is 2.01. The predicted octanol–water partition coefficient (Wildman–Crippen LogP) is 1.68. The maximum atomic E-state index is 5.04. The van der Waals surface area contributed by atoms with Crippen LogP contribution in [0.5, 0.6) is 0 Å². The molecule has 0 unspecified atom stereocenters. The first-order chi connectivity index (χ1) is 9.67. The van der Waals surface area contributed by atoms with E-state index in [4.69, 9.17) is 4.74 Å². The van der Waals surface area contributed by atoms with Gasteiger partial charge in [-0.15, -0.1) is 0 Å². The van der Waals surface area contributed by atoms with E-state index in [9.17, 15) is 0 Å². The van der Waals surface area contributed by atoms with Crippen molar-refractivity contribution in [3.05, 3.63) is 41.4 Å². The molecule has 1 N–H and O–H groups in total. The lowest BCUT2D eigenvalue weighted by molar-refractivity contribution is 0.181. The third kappa shape index (κ3) is 4.24. The van der Waals surface area contributed by atoms with Gasteiger partial charge in [-0.2, -0.15) is 0 Å². The summed E-state index contributed by atoms with van der Waals surface area (Å²) in [5, 5.41) is 3.24. The van der Waals surface area contributed by atoms with Crippen LogP contribution in [0.3, 0.4) is 0 Å². The Kier molecular flexibility index (Phi) is 4.95. The van der Waals surface area contributed by atoms with E-state index < -0.39 is 0 Å². The zero-order valence-corrected chi connectivity index (χ0v) is 12.1. The lowest BCUT2D eigenvalue weighted by atomic mass is 10.3. The molecule has 0 aliphatic rings. The van der Waals surface area contributed by atoms with E-state index in [1.54, 1.807) is 7.11 Å². The fourth-order valence-electron chi connectivity index (χ4n) is 1.93. The van der Waals surface area contributed by atoms with Crippen molar-refractivity contribution in [2.45, 2.75) is 26.9 Å². The second kappa shape index (κ2) is 6.91. The van der Waals surface area contributed by atoms with Crippen molar-refractivity contribution < 1.29 is 4.74 Å². The van der Waals surface area contributed by atoms with Crippen LogP contribution < -0.4 is 5.32 Å². The Hall–Kier alpha value is -2.08. The smallest absolute Gasteiger partial charge is 0.130 e. The van der Waals surface area contributed by atoms with Gasteiger partial charge >= 0.3 is 0 Å². The van der Waals surface area contributed by atoms with Crippen molar-refractivity contribution in [3.8, 4) is 0 Å². The van der Waals surface area contributed by atoms with Crippen LogP contribution in [0.2, 0.25) is 0 Å². The first kappa shape index (κ1) is 14.3. The van der Waals surface area contributed by atoms with Crippen LogP contribution in [-0.2, 0) is 17.8 Å². The maximum Gasteiger partial charge on any atom is 0.130 e. The molecule has 0 spiro atoms. The van der Waals surface area contributed by atoms with Crippen LogP contribution in [0.4, 0.5) is 5.82 Å². The summed E-state index contributed by atoms with van der Waals surface area (Å²) in [5.41, 5.74) is 2.85. The number of aryl methyl sites for hydroxylation is 2. The van der Waals surface area contributed by atoms with Gasteiger partial charge in [0.1, 0.15) is 18.0 Å². The number of nitrogens with zero attached hydrogens (tertiary/aromatic N) is 4. The van der Waals surface area contributed by atoms with Gasteiger partial charge in [-0.25, -0.2) is 19.9 Å². The molecule has 6 nitrogen and oxygen atoms in total. The number of aromatic nitrogens is 4. The molecule has 2 aromatic heterocycles. The first-order valence-corrected chi connectivity index (χ1v) is 6.52. The number of hydrogen-bond donors (Lipinski definition) is 1. The van der Waals surface area contributed by atoms with Crippen molar-refractivity contribution >= 4 is 5.82 Å². The minimum absolute atomic E-state index is 0.484. The lowest BCUT2D eigenvalue weighted by Gasteiger charge is -2.07. The molecule has 2 aromatic rings. The molecule has 106 valence electrons. The summed E-state index contributed by atoms with van der Waals surface area (Å²) in [5.74, 6) is 1.64. The van der Waals surface area contributed by atoms with Gasteiger partial charge in [-0.1, -0.05) is 0 Å². The Balaban J connectivity index is 1.90. The highest BCUT2D eigenvalue weighted by Crippen LogP contribution is 2.05. The second-order valence-corrected chi connectivity index (χ2v) is 4.57. The lowest BCUT2D eigenvalue weighted by Crippen LogP contribution is -2.10. The van der Waals surface area contributed by atoms with Crippen molar-refractivity contribution in [2.75, 3.05) is 19.0 Å². The minimum atomic E-state index is 0.484. The Bertz CT molecular complexity index is 553. The summed E-state index contributed by atoms with van der Waals surface area (Å²) in [6, 6.07) is 3.85. The summed E-state index contributed by atoms with van der Waals surface area (Å²) >= 11 is 0. The van der Waals surface area contributed by atoms with Gasteiger partial charge in [0.05, 0.1) is 12.3 Å². The van der Waals surface area contributed by atoms with E-state index in [-0.39, 0.29) is 0 Å². The fraction of sp³-hybridized carbons (Fsp3) is 0.429. The Labute approximate surface area is 118 Å². The van der Waals surface area contributed by atoms with E-state index in [1.807, 2.05) is 26.0 Å². The summed E-state index contributed by atoms with van der Waals surface area (Å²) < 4.78 is 5.04. The van der Waals surface area contributed by atoms with Crippen LogP contribution in [-0.4, -0.2) is 33.6 Å². The molecule has 0 radical (unpaired) electrons. The summed E-state index contributed by atoms with van der Waals surface area (Å²) in [4.78, 5) is 17.1. The molecule has 20 heavy (non-hydrogen) atoms. The third-order valence-corrected chi connectivity index (χ3v) is 2.70. The summed E-state index contributed by atoms with van der Waals surface area (Å²) in [6.45, 7) is 5.17. The number of ether oxygens (including phenoxy) is 1. The standard InChI is InChI=1S/C14H19N5O/c1-10-6-11(2)19-13(18-10)4-5-15-14-7-12(8-20-3)16-9-17-14/h6-7,9H,4-5,8H2,1-3H3,(H,15,16,17). The van der Waals surface area contributed by atoms with Gasteiger partial charge in [0, 0.05) is 37.5 Å². The molecule has 0 saturated heterocycles. The number of methoxy groups -OCH3 is 1.